The average molecular weight is 311 g/mol. The lowest BCUT2D eigenvalue weighted by Gasteiger charge is -2.09. The first kappa shape index (κ1) is 15.2. The standard InChI is InChI=1S/C14H12F3N3S/c15-14(16,17)10-3-1-9(2-4-10)7-19-11-5-6-12(13(18)21)20-8-11/h1-6,8,19H,7H2,(H2,18,21). The molecular formula is C14H12F3N3S. The Morgan fingerprint density at radius 2 is 1.81 bits per heavy atom. The third-order valence-corrected chi connectivity index (χ3v) is 3.00. The van der Waals surface area contributed by atoms with Gasteiger partial charge >= 0.3 is 6.18 Å². The van der Waals surface area contributed by atoms with Crippen LogP contribution < -0.4 is 11.1 Å². The highest BCUT2D eigenvalue weighted by molar-refractivity contribution is 7.80. The predicted molar refractivity (Wildman–Crippen MR) is 78.9 cm³/mol. The lowest BCUT2D eigenvalue weighted by Crippen LogP contribution is -2.11. The number of hydrogen-bond acceptors (Lipinski definition) is 3. The summed E-state index contributed by atoms with van der Waals surface area (Å²) >= 11 is 4.79. The van der Waals surface area contributed by atoms with Crippen molar-refractivity contribution in [3.05, 3.63) is 59.4 Å². The number of rotatable bonds is 4. The molecule has 21 heavy (non-hydrogen) atoms. The van der Waals surface area contributed by atoms with Gasteiger partial charge in [0.25, 0.3) is 0 Å². The Kier molecular flexibility index (Phi) is 4.42. The number of halogens is 3. The van der Waals surface area contributed by atoms with Gasteiger partial charge in [-0.3, -0.25) is 4.98 Å². The molecule has 0 saturated heterocycles. The minimum atomic E-state index is -4.31. The van der Waals surface area contributed by atoms with Crippen LogP contribution in [0.5, 0.6) is 0 Å². The van der Waals surface area contributed by atoms with E-state index in [1.54, 1.807) is 18.3 Å². The predicted octanol–water partition coefficient (Wildman–Crippen LogP) is 3.35. The van der Waals surface area contributed by atoms with Gasteiger partial charge in [0.15, 0.2) is 0 Å². The number of thiocarbonyl (C=S) groups is 1. The van der Waals surface area contributed by atoms with Gasteiger partial charge in [-0.15, -0.1) is 0 Å². The van der Waals surface area contributed by atoms with Crippen LogP contribution in [0.3, 0.4) is 0 Å². The van der Waals surface area contributed by atoms with E-state index in [9.17, 15) is 13.2 Å². The molecule has 110 valence electrons. The summed E-state index contributed by atoms with van der Waals surface area (Å²) in [5.74, 6) is 0. The minimum absolute atomic E-state index is 0.212. The molecule has 0 aliphatic carbocycles. The van der Waals surface area contributed by atoms with Crippen LogP contribution >= 0.6 is 12.2 Å². The molecule has 1 heterocycles. The second-order valence-corrected chi connectivity index (χ2v) is 4.78. The molecule has 7 heteroatoms. The first-order valence-electron chi connectivity index (χ1n) is 6.02. The van der Waals surface area contributed by atoms with Crippen LogP contribution in [-0.2, 0) is 12.7 Å². The number of pyridine rings is 1. The van der Waals surface area contributed by atoms with E-state index in [4.69, 9.17) is 18.0 Å². The zero-order valence-electron chi connectivity index (χ0n) is 10.8. The van der Waals surface area contributed by atoms with Crippen LogP contribution in [0, 0.1) is 0 Å². The fraction of sp³-hybridized carbons (Fsp3) is 0.143. The summed E-state index contributed by atoms with van der Waals surface area (Å²) in [6.07, 6.45) is -2.75. The van der Waals surface area contributed by atoms with Crippen LogP contribution in [0.1, 0.15) is 16.8 Å². The molecule has 0 fully saturated rings. The average Bonchev–Trinajstić information content (AvgIpc) is 2.45. The molecule has 0 radical (unpaired) electrons. The molecule has 1 aromatic heterocycles. The SMILES string of the molecule is NC(=S)c1ccc(NCc2ccc(C(F)(F)F)cc2)cn1. The Bertz CT molecular complexity index is 621. The Balaban J connectivity index is 1.98. The summed E-state index contributed by atoms with van der Waals surface area (Å²) < 4.78 is 37.3. The van der Waals surface area contributed by atoms with Crippen molar-refractivity contribution in [3.8, 4) is 0 Å². The molecule has 0 spiro atoms. The molecule has 2 aromatic rings. The smallest absolute Gasteiger partial charge is 0.388 e. The molecule has 0 saturated carbocycles. The van der Waals surface area contributed by atoms with Crippen molar-refractivity contribution in [1.29, 1.82) is 0 Å². The van der Waals surface area contributed by atoms with Gasteiger partial charge in [0, 0.05) is 6.54 Å². The second-order valence-electron chi connectivity index (χ2n) is 4.34. The summed E-state index contributed by atoms with van der Waals surface area (Å²) in [6, 6.07) is 8.43. The van der Waals surface area contributed by atoms with E-state index in [-0.39, 0.29) is 4.99 Å². The largest absolute Gasteiger partial charge is 0.416 e. The zero-order valence-corrected chi connectivity index (χ0v) is 11.6. The topological polar surface area (TPSA) is 50.9 Å². The van der Waals surface area contributed by atoms with Crippen molar-refractivity contribution in [2.45, 2.75) is 12.7 Å². The number of nitrogens with one attached hydrogen (secondary N) is 1. The van der Waals surface area contributed by atoms with Crippen LogP contribution in [0.4, 0.5) is 18.9 Å². The van der Waals surface area contributed by atoms with E-state index in [0.717, 1.165) is 23.4 Å². The van der Waals surface area contributed by atoms with Crippen LogP contribution in [0.2, 0.25) is 0 Å². The van der Waals surface area contributed by atoms with Crippen molar-refractivity contribution < 1.29 is 13.2 Å². The van der Waals surface area contributed by atoms with Gasteiger partial charge in [-0.25, -0.2) is 0 Å². The fourth-order valence-corrected chi connectivity index (χ4v) is 1.78. The third-order valence-electron chi connectivity index (χ3n) is 2.79. The molecule has 0 atom stereocenters. The lowest BCUT2D eigenvalue weighted by molar-refractivity contribution is -0.137. The quantitative estimate of drug-likeness (QED) is 0.850. The summed E-state index contributed by atoms with van der Waals surface area (Å²) in [5, 5.41) is 3.06. The number of aromatic nitrogens is 1. The maximum atomic E-state index is 12.4. The van der Waals surface area contributed by atoms with Crippen LogP contribution in [-0.4, -0.2) is 9.97 Å². The van der Waals surface area contributed by atoms with E-state index in [0.29, 0.717) is 12.2 Å². The van der Waals surface area contributed by atoms with E-state index >= 15 is 0 Å². The van der Waals surface area contributed by atoms with E-state index in [1.165, 1.54) is 12.1 Å². The number of hydrogen-bond donors (Lipinski definition) is 2. The fourth-order valence-electron chi connectivity index (χ4n) is 1.66. The van der Waals surface area contributed by atoms with Crippen molar-refractivity contribution in [2.24, 2.45) is 5.73 Å². The highest BCUT2D eigenvalue weighted by Crippen LogP contribution is 2.29. The van der Waals surface area contributed by atoms with Crippen molar-refractivity contribution in [2.75, 3.05) is 5.32 Å². The van der Waals surface area contributed by atoms with Crippen LogP contribution in [0.15, 0.2) is 42.6 Å². The van der Waals surface area contributed by atoms with Gasteiger partial charge < -0.3 is 11.1 Å². The summed E-state index contributed by atoms with van der Waals surface area (Å²) in [7, 11) is 0. The number of benzene rings is 1. The summed E-state index contributed by atoms with van der Waals surface area (Å²) in [4.78, 5) is 4.27. The maximum Gasteiger partial charge on any atom is 0.416 e. The first-order valence-corrected chi connectivity index (χ1v) is 6.43. The summed E-state index contributed by atoms with van der Waals surface area (Å²) in [5.41, 5.74) is 6.76. The van der Waals surface area contributed by atoms with E-state index in [1.807, 2.05) is 0 Å². The highest BCUT2D eigenvalue weighted by Gasteiger charge is 2.29. The molecule has 3 N–H and O–H groups in total. The monoisotopic (exact) mass is 311 g/mol. The molecule has 0 amide bonds. The minimum Gasteiger partial charge on any atom is -0.388 e. The number of nitrogens with zero attached hydrogens (tertiary/aromatic N) is 1. The molecule has 2 rings (SSSR count). The van der Waals surface area contributed by atoms with Gasteiger partial charge in [-0.2, -0.15) is 13.2 Å². The van der Waals surface area contributed by atoms with Gasteiger partial charge in [0.2, 0.25) is 0 Å². The van der Waals surface area contributed by atoms with Gasteiger partial charge in [0.1, 0.15) is 4.99 Å². The Morgan fingerprint density at radius 1 is 1.14 bits per heavy atom. The second kappa shape index (κ2) is 6.09. The summed E-state index contributed by atoms with van der Waals surface area (Å²) in [6.45, 7) is 0.395. The van der Waals surface area contributed by atoms with Gasteiger partial charge in [-0.05, 0) is 29.8 Å². The number of anilines is 1. The van der Waals surface area contributed by atoms with Crippen molar-refractivity contribution in [1.82, 2.24) is 4.98 Å². The molecule has 0 unspecified atom stereocenters. The molecular weight excluding hydrogens is 299 g/mol. The van der Waals surface area contributed by atoms with Gasteiger partial charge in [0.05, 0.1) is 23.1 Å². The normalized spacial score (nSPS) is 11.2. The molecule has 0 bridgehead atoms. The van der Waals surface area contributed by atoms with E-state index < -0.39 is 11.7 Å². The van der Waals surface area contributed by atoms with E-state index in [2.05, 4.69) is 10.3 Å². The Hall–Kier alpha value is -2.15. The number of alkyl halides is 3. The lowest BCUT2D eigenvalue weighted by atomic mass is 10.1. The molecule has 1 aromatic carbocycles. The third kappa shape index (κ3) is 4.16. The van der Waals surface area contributed by atoms with Gasteiger partial charge in [-0.1, -0.05) is 24.4 Å². The van der Waals surface area contributed by atoms with Crippen molar-refractivity contribution in [3.63, 3.8) is 0 Å². The first-order chi connectivity index (χ1) is 9.86. The van der Waals surface area contributed by atoms with Crippen LogP contribution in [0.25, 0.3) is 0 Å². The highest BCUT2D eigenvalue weighted by atomic mass is 32.1. The number of nitrogens with two attached hydrogens (primary N) is 1. The Labute approximate surface area is 125 Å². The zero-order chi connectivity index (χ0) is 15.5. The molecule has 0 aliphatic heterocycles. The maximum absolute atomic E-state index is 12.4. The molecule has 3 nitrogen and oxygen atoms in total. The van der Waals surface area contributed by atoms with Crippen molar-refractivity contribution >= 4 is 22.9 Å². The molecule has 0 aliphatic rings. The Morgan fingerprint density at radius 3 is 2.29 bits per heavy atom.